The number of nitrogens with zero attached hydrogens (tertiary/aromatic N) is 5. The van der Waals surface area contributed by atoms with Crippen molar-refractivity contribution in [2.45, 2.75) is 26.4 Å². The Morgan fingerprint density at radius 1 is 1.33 bits per heavy atom. The second kappa shape index (κ2) is 5.25. The lowest BCUT2D eigenvalue weighted by Gasteiger charge is -2.11. The van der Waals surface area contributed by atoms with Gasteiger partial charge in [0.1, 0.15) is 11.5 Å². The summed E-state index contributed by atoms with van der Waals surface area (Å²) < 4.78 is 17.2. The van der Waals surface area contributed by atoms with Crippen LogP contribution in [0.1, 0.15) is 19.9 Å². The zero-order valence-electron chi connectivity index (χ0n) is 12.0. The van der Waals surface area contributed by atoms with Gasteiger partial charge in [0.15, 0.2) is 5.82 Å². The molecule has 0 fully saturated rings. The zero-order chi connectivity index (χ0) is 15.0. The van der Waals surface area contributed by atoms with Crippen LogP contribution >= 0.6 is 0 Å². The molecule has 0 aliphatic carbocycles. The molecule has 2 N–H and O–H groups in total. The smallest absolute Gasteiger partial charge is 0.163 e. The van der Waals surface area contributed by atoms with Crippen LogP contribution in [0, 0.1) is 5.82 Å². The number of aromatic nitrogens is 5. The zero-order valence-corrected chi connectivity index (χ0v) is 12.0. The summed E-state index contributed by atoms with van der Waals surface area (Å²) in [5.41, 5.74) is 7.68. The summed E-state index contributed by atoms with van der Waals surface area (Å²) in [5.74, 6) is 0.413. The molecule has 1 aromatic carbocycles. The molecule has 3 rings (SSSR count). The second-order valence-electron chi connectivity index (χ2n) is 5.19. The molecule has 7 heteroatoms. The molecule has 0 aliphatic rings. The monoisotopic (exact) mass is 288 g/mol. The first-order valence-corrected chi connectivity index (χ1v) is 6.88. The Morgan fingerprint density at radius 3 is 2.86 bits per heavy atom. The van der Waals surface area contributed by atoms with Gasteiger partial charge >= 0.3 is 0 Å². The van der Waals surface area contributed by atoms with Gasteiger partial charge in [0.05, 0.1) is 23.8 Å². The summed E-state index contributed by atoms with van der Waals surface area (Å²) in [6.07, 6.45) is 1.81. The third-order valence-electron chi connectivity index (χ3n) is 3.29. The van der Waals surface area contributed by atoms with Gasteiger partial charge < -0.3 is 10.3 Å². The molecule has 0 atom stereocenters. The van der Waals surface area contributed by atoms with Crippen molar-refractivity contribution in [3.05, 3.63) is 30.2 Å². The van der Waals surface area contributed by atoms with E-state index in [0.29, 0.717) is 24.6 Å². The number of benzene rings is 1. The molecule has 0 amide bonds. The van der Waals surface area contributed by atoms with E-state index < -0.39 is 0 Å². The van der Waals surface area contributed by atoms with Crippen LogP contribution in [-0.2, 0) is 6.54 Å². The van der Waals surface area contributed by atoms with Crippen molar-refractivity contribution < 1.29 is 4.39 Å². The Labute approximate surface area is 121 Å². The van der Waals surface area contributed by atoms with Crippen molar-refractivity contribution in [2.24, 2.45) is 5.73 Å². The van der Waals surface area contributed by atoms with Gasteiger partial charge in [-0.2, -0.15) is 0 Å². The van der Waals surface area contributed by atoms with Crippen LogP contribution in [0.3, 0.4) is 0 Å². The molecule has 0 saturated heterocycles. The van der Waals surface area contributed by atoms with Crippen LogP contribution in [0.25, 0.3) is 22.6 Å². The molecule has 2 heterocycles. The fourth-order valence-corrected chi connectivity index (χ4v) is 2.41. The number of rotatable bonds is 4. The molecular weight excluding hydrogens is 271 g/mol. The molecule has 110 valence electrons. The summed E-state index contributed by atoms with van der Waals surface area (Å²) >= 11 is 0. The molecule has 21 heavy (non-hydrogen) atoms. The molecule has 0 saturated carbocycles. The molecule has 0 bridgehead atoms. The molecule has 0 spiro atoms. The first-order valence-electron chi connectivity index (χ1n) is 6.88. The van der Waals surface area contributed by atoms with Crippen molar-refractivity contribution >= 4 is 11.0 Å². The highest BCUT2D eigenvalue weighted by atomic mass is 19.1. The summed E-state index contributed by atoms with van der Waals surface area (Å²) in [7, 11) is 0. The van der Waals surface area contributed by atoms with Gasteiger partial charge in [-0.1, -0.05) is 5.21 Å². The molecular formula is C14H17FN6. The predicted octanol–water partition coefficient (Wildman–Crippen LogP) is 1.97. The van der Waals surface area contributed by atoms with E-state index in [4.69, 9.17) is 5.73 Å². The van der Waals surface area contributed by atoms with Crippen LogP contribution in [0.15, 0.2) is 24.4 Å². The van der Waals surface area contributed by atoms with E-state index in [0.717, 1.165) is 11.0 Å². The Kier molecular flexibility index (Phi) is 3.42. The third-order valence-corrected chi connectivity index (χ3v) is 3.29. The van der Waals surface area contributed by atoms with Crippen LogP contribution < -0.4 is 5.73 Å². The number of halogens is 1. The highest BCUT2D eigenvalue weighted by molar-refractivity contribution is 5.80. The fraction of sp³-hybridized carbons (Fsp3) is 0.357. The largest absolute Gasteiger partial charge is 0.329 e. The maximum Gasteiger partial charge on any atom is 0.163 e. The van der Waals surface area contributed by atoms with Crippen molar-refractivity contribution in [3.8, 4) is 11.5 Å². The molecule has 0 aliphatic heterocycles. The van der Waals surface area contributed by atoms with Gasteiger partial charge in [0, 0.05) is 12.6 Å². The lowest BCUT2D eigenvalue weighted by molar-refractivity contribution is 0.598. The summed E-state index contributed by atoms with van der Waals surface area (Å²) in [6.45, 7) is 5.15. The van der Waals surface area contributed by atoms with Crippen LogP contribution in [0.4, 0.5) is 4.39 Å². The Balaban J connectivity index is 2.18. The summed E-state index contributed by atoms with van der Waals surface area (Å²) in [4.78, 5) is 4.57. The van der Waals surface area contributed by atoms with Crippen LogP contribution in [-0.4, -0.2) is 31.1 Å². The number of nitrogens with two attached hydrogens (primary N) is 1. The highest BCUT2D eigenvalue weighted by Gasteiger charge is 2.17. The lowest BCUT2D eigenvalue weighted by atomic mass is 10.3. The second-order valence-corrected chi connectivity index (χ2v) is 5.19. The maximum atomic E-state index is 13.5. The van der Waals surface area contributed by atoms with E-state index in [1.54, 1.807) is 10.7 Å². The van der Waals surface area contributed by atoms with E-state index in [1.807, 2.05) is 24.6 Å². The average molecular weight is 288 g/mol. The van der Waals surface area contributed by atoms with Crippen molar-refractivity contribution in [3.63, 3.8) is 0 Å². The van der Waals surface area contributed by atoms with Crippen molar-refractivity contribution in [2.75, 3.05) is 6.54 Å². The summed E-state index contributed by atoms with van der Waals surface area (Å²) in [6, 6.07) is 4.72. The minimum absolute atomic E-state index is 0.131. The van der Waals surface area contributed by atoms with Crippen LogP contribution in [0.5, 0.6) is 0 Å². The average Bonchev–Trinajstić information content (AvgIpc) is 3.02. The van der Waals surface area contributed by atoms with E-state index in [-0.39, 0.29) is 11.9 Å². The maximum absolute atomic E-state index is 13.5. The predicted molar refractivity (Wildman–Crippen MR) is 78.1 cm³/mol. The quantitative estimate of drug-likeness (QED) is 0.796. The Hall–Kier alpha value is -2.28. The van der Waals surface area contributed by atoms with Gasteiger partial charge in [0.2, 0.25) is 0 Å². The third kappa shape index (κ3) is 2.40. The standard InChI is InChI=1S/C14H17FN6/c1-9(2)21-13-7-10(15)3-4-11(13)17-14(21)12-8-20(6-5-16)19-18-12/h3-4,7-9H,5-6,16H2,1-2H3. The van der Waals surface area contributed by atoms with E-state index >= 15 is 0 Å². The molecule has 0 radical (unpaired) electrons. The first-order chi connectivity index (χ1) is 10.1. The van der Waals surface area contributed by atoms with Gasteiger partial charge in [-0.05, 0) is 32.0 Å². The first kappa shape index (κ1) is 13.7. The SMILES string of the molecule is CC(C)n1c(-c2cn(CCN)nn2)nc2ccc(F)cc21. The van der Waals surface area contributed by atoms with Gasteiger partial charge in [-0.15, -0.1) is 5.10 Å². The summed E-state index contributed by atoms with van der Waals surface area (Å²) in [5, 5.41) is 8.18. The highest BCUT2D eigenvalue weighted by Crippen LogP contribution is 2.27. The number of imidazole rings is 1. The number of hydrogen-bond donors (Lipinski definition) is 1. The van der Waals surface area contributed by atoms with Crippen molar-refractivity contribution in [1.29, 1.82) is 0 Å². The normalized spacial score (nSPS) is 11.7. The minimum Gasteiger partial charge on any atom is -0.329 e. The van der Waals surface area contributed by atoms with E-state index in [1.165, 1.54) is 12.1 Å². The molecule has 0 unspecified atom stereocenters. The Morgan fingerprint density at radius 2 is 2.14 bits per heavy atom. The Bertz CT molecular complexity index is 773. The van der Waals surface area contributed by atoms with Crippen LogP contribution in [0.2, 0.25) is 0 Å². The number of hydrogen-bond acceptors (Lipinski definition) is 4. The molecule has 3 aromatic rings. The van der Waals surface area contributed by atoms with Gasteiger partial charge in [-0.3, -0.25) is 4.68 Å². The van der Waals surface area contributed by atoms with Gasteiger partial charge in [0.25, 0.3) is 0 Å². The van der Waals surface area contributed by atoms with Crippen molar-refractivity contribution in [1.82, 2.24) is 24.5 Å². The molecule has 6 nitrogen and oxygen atoms in total. The topological polar surface area (TPSA) is 74.5 Å². The van der Waals surface area contributed by atoms with Gasteiger partial charge in [-0.25, -0.2) is 9.37 Å². The fourth-order valence-electron chi connectivity index (χ4n) is 2.41. The lowest BCUT2D eigenvalue weighted by Crippen LogP contribution is -2.10. The van der Waals surface area contributed by atoms with E-state index in [9.17, 15) is 4.39 Å². The number of fused-ring (bicyclic) bond motifs is 1. The van der Waals surface area contributed by atoms with E-state index in [2.05, 4.69) is 15.3 Å². The molecule has 2 aromatic heterocycles. The minimum atomic E-state index is -0.275.